The molecular formula is C26H33N3O5S. The number of benzene rings is 2. The Morgan fingerprint density at radius 3 is 2.54 bits per heavy atom. The number of rotatable bonds is 6. The summed E-state index contributed by atoms with van der Waals surface area (Å²) >= 11 is 0. The Labute approximate surface area is 207 Å². The summed E-state index contributed by atoms with van der Waals surface area (Å²) < 4.78 is 39.1. The molecule has 35 heavy (non-hydrogen) atoms. The van der Waals surface area contributed by atoms with E-state index in [0.717, 1.165) is 61.3 Å². The lowest BCUT2D eigenvalue weighted by Gasteiger charge is -2.27. The van der Waals surface area contributed by atoms with E-state index in [1.54, 1.807) is 22.5 Å². The van der Waals surface area contributed by atoms with E-state index in [2.05, 4.69) is 10.2 Å². The molecule has 188 valence electrons. The summed E-state index contributed by atoms with van der Waals surface area (Å²) in [7, 11) is -3.56. The van der Waals surface area contributed by atoms with Gasteiger partial charge in [0.1, 0.15) is 13.2 Å². The monoisotopic (exact) mass is 499 g/mol. The summed E-state index contributed by atoms with van der Waals surface area (Å²) in [5, 5.41) is 2.97. The number of nitrogens with zero attached hydrogens (tertiary/aromatic N) is 2. The molecule has 2 aromatic rings. The predicted molar refractivity (Wildman–Crippen MR) is 133 cm³/mol. The number of likely N-dealkylation sites (tertiary alicyclic amines) is 1. The van der Waals surface area contributed by atoms with E-state index in [1.807, 2.05) is 25.1 Å². The van der Waals surface area contributed by atoms with Gasteiger partial charge in [0.25, 0.3) is 0 Å². The third-order valence-electron chi connectivity index (χ3n) is 7.10. The van der Waals surface area contributed by atoms with E-state index in [1.165, 1.54) is 0 Å². The SMILES string of the molecule is Cc1ccc(S(=O)(=O)N2CCCCC2)cc1NC(=O)CN1CCC[C@H]1c1ccc2c(c1)OCCO2. The van der Waals surface area contributed by atoms with E-state index in [9.17, 15) is 13.2 Å². The summed E-state index contributed by atoms with van der Waals surface area (Å²) in [5.74, 6) is 1.37. The fourth-order valence-electron chi connectivity index (χ4n) is 5.18. The Morgan fingerprint density at radius 1 is 0.971 bits per heavy atom. The topological polar surface area (TPSA) is 88.2 Å². The molecule has 0 saturated carbocycles. The lowest BCUT2D eigenvalue weighted by Crippen LogP contribution is -2.35. The quantitative estimate of drug-likeness (QED) is 0.652. The van der Waals surface area contributed by atoms with Gasteiger partial charge >= 0.3 is 0 Å². The van der Waals surface area contributed by atoms with Gasteiger partial charge in [-0.2, -0.15) is 4.31 Å². The average Bonchev–Trinajstić information content (AvgIpc) is 3.33. The Balaban J connectivity index is 1.28. The first kappa shape index (κ1) is 24.1. The number of ether oxygens (including phenoxy) is 2. The molecule has 5 rings (SSSR count). The van der Waals surface area contributed by atoms with Crippen LogP contribution >= 0.6 is 0 Å². The number of carbonyl (C=O) groups excluding carboxylic acids is 1. The molecule has 2 fully saturated rings. The second-order valence-electron chi connectivity index (χ2n) is 9.52. The van der Waals surface area contributed by atoms with E-state index in [0.29, 0.717) is 32.0 Å². The van der Waals surface area contributed by atoms with Gasteiger partial charge in [-0.15, -0.1) is 0 Å². The van der Waals surface area contributed by atoms with Crippen LogP contribution in [-0.2, 0) is 14.8 Å². The number of piperidine rings is 1. The molecule has 2 aromatic carbocycles. The van der Waals surface area contributed by atoms with Gasteiger partial charge in [0, 0.05) is 24.8 Å². The highest BCUT2D eigenvalue weighted by Gasteiger charge is 2.30. The highest BCUT2D eigenvalue weighted by molar-refractivity contribution is 7.89. The van der Waals surface area contributed by atoms with Crippen molar-refractivity contribution >= 4 is 21.6 Å². The highest BCUT2D eigenvalue weighted by Crippen LogP contribution is 2.38. The third-order valence-corrected chi connectivity index (χ3v) is 8.99. The van der Waals surface area contributed by atoms with E-state index < -0.39 is 10.0 Å². The van der Waals surface area contributed by atoms with Crippen LogP contribution in [0.2, 0.25) is 0 Å². The number of nitrogens with one attached hydrogen (secondary N) is 1. The van der Waals surface area contributed by atoms with Crippen molar-refractivity contribution in [2.24, 2.45) is 0 Å². The molecule has 0 spiro atoms. The molecule has 3 aliphatic rings. The zero-order valence-electron chi connectivity index (χ0n) is 20.2. The number of hydrogen-bond acceptors (Lipinski definition) is 6. The number of anilines is 1. The molecule has 0 bridgehead atoms. The molecule has 0 radical (unpaired) electrons. The van der Waals surface area contributed by atoms with Gasteiger partial charge in [0.05, 0.1) is 11.4 Å². The van der Waals surface area contributed by atoms with Crippen molar-refractivity contribution in [3.8, 4) is 11.5 Å². The zero-order chi connectivity index (χ0) is 24.4. The molecule has 8 nitrogen and oxygen atoms in total. The zero-order valence-corrected chi connectivity index (χ0v) is 21.0. The smallest absolute Gasteiger partial charge is 0.243 e. The normalized spacial score (nSPS) is 21.1. The van der Waals surface area contributed by atoms with Crippen LogP contribution in [-0.4, -0.2) is 62.9 Å². The average molecular weight is 500 g/mol. The minimum Gasteiger partial charge on any atom is -0.486 e. The van der Waals surface area contributed by atoms with Crippen LogP contribution in [0.4, 0.5) is 5.69 Å². The fourth-order valence-corrected chi connectivity index (χ4v) is 6.73. The van der Waals surface area contributed by atoms with Crippen LogP contribution in [0, 0.1) is 6.92 Å². The first-order valence-corrected chi connectivity index (χ1v) is 13.9. The van der Waals surface area contributed by atoms with Crippen molar-refractivity contribution in [2.45, 2.75) is 50.0 Å². The molecule has 0 aromatic heterocycles. The molecule has 3 aliphatic heterocycles. The van der Waals surface area contributed by atoms with Gasteiger partial charge in [-0.25, -0.2) is 8.42 Å². The van der Waals surface area contributed by atoms with Gasteiger partial charge in [0.15, 0.2) is 11.5 Å². The molecule has 3 heterocycles. The van der Waals surface area contributed by atoms with Gasteiger partial charge < -0.3 is 14.8 Å². The van der Waals surface area contributed by atoms with Crippen LogP contribution in [0.3, 0.4) is 0 Å². The third kappa shape index (κ3) is 5.17. The number of hydrogen-bond donors (Lipinski definition) is 1. The lowest BCUT2D eigenvalue weighted by molar-refractivity contribution is -0.117. The maximum atomic E-state index is 13.1. The van der Waals surface area contributed by atoms with Crippen LogP contribution in [0.5, 0.6) is 11.5 Å². The Morgan fingerprint density at radius 2 is 1.74 bits per heavy atom. The second kappa shape index (κ2) is 10.2. The molecule has 0 aliphatic carbocycles. The number of carbonyl (C=O) groups is 1. The fraction of sp³-hybridized carbons (Fsp3) is 0.500. The van der Waals surface area contributed by atoms with E-state index in [4.69, 9.17) is 9.47 Å². The van der Waals surface area contributed by atoms with E-state index in [-0.39, 0.29) is 23.4 Å². The van der Waals surface area contributed by atoms with Crippen molar-refractivity contribution in [3.05, 3.63) is 47.5 Å². The number of amides is 1. The second-order valence-corrected chi connectivity index (χ2v) is 11.5. The van der Waals surface area contributed by atoms with Gasteiger partial charge in [0.2, 0.25) is 15.9 Å². The number of aryl methyl sites for hydroxylation is 1. The molecule has 1 N–H and O–H groups in total. The minimum atomic E-state index is -3.56. The molecule has 1 atom stereocenters. The summed E-state index contributed by atoms with van der Waals surface area (Å²) in [4.78, 5) is 15.4. The Hall–Kier alpha value is -2.62. The van der Waals surface area contributed by atoms with Crippen molar-refractivity contribution < 1.29 is 22.7 Å². The first-order valence-electron chi connectivity index (χ1n) is 12.5. The van der Waals surface area contributed by atoms with Gasteiger partial charge in [-0.3, -0.25) is 9.69 Å². The molecule has 2 saturated heterocycles. The van der Waals surface area contributed by atoms with Gasteiger partial charge in [-0.1, -0.05) is 18.6 Å². The minimum absolute atomic E-state index is 0.128. The van der Waals surface area contributed by atoms with Crippen LogP contribution in [0.15, 0.2) is 41.3 Å². The summed E-state index contributed by atoms with van der Waals surface area (Å²) in [5.41, 5.74) is 2.49. The molecule has 0 unspecified atom stereocenters. The van der Waals surface area contributed by atoms with Crippen molar-refractivity contribution in [1.29, 1.82) is 0 Å². The Kier molecular flexibility index (Phi) is 7.00. The maximum Gasteiger partial charge on any atom is 0.243 e. The number of fused-ring (bicyclic) bond motifs is 1. The summed E-state index contributed by atoms with van der Waals surface area (Å²) in [6.45, 7) is 5.14. The lowest BCUT2D eigenvalue weighted by atomic mass is 10.0. The predicted octanol–water partition coefficient (Wildman–Crippen LogP) is 3.72. The van der Waals surface area contributed by atoms with E-state index >= 15 is 0 Å². The number of sulfonamides is 1. The maximum absolute atomic E-state index is 13.1. The van der Waals surface area contributed by atoms with Crippen molar-refractivity contribution in [3.63, 3.8) is 0 Å². The molecular weight excluding hydrogens is 466 g/mol. The molecule has 9 heteroatoms. The van der Waals surface area contributed by atoms with Crippen LogP contribution in [0.1, 0.15) is 49.3 Å². The standard InChI is InChI=1S/C26H33N3O5S/c1-19-7-9-21(35(31,32)29-12-3-2-4-13-29)17-22(19)27-26(30)18-28-11-5-6-23(28)20-8-10-24-25(16-20)34-15-14-33-24/h7-10,16-17,23H,2-6,11-15,18H2,1H3,(H,27,30)/t23-/m0/s1. The molecule has 1 amide bonds. The largest absolute Gasteiger partial charge is 0.486 e. The van der Waals surface area contributed by atoms with Crippen molar-refractivity contribution in [2.75, 3.05) is 44.7 Å². The van der Waals surface area contributed by atoms with Gasteiger partial charge in [-0.05, 0) is 74.5 Å². The first-order chi connectivity index (χ1) is 16.9. The van der Waals surface area contributed by atoms with Crippen molar-refractivity contribution in [1.82, 2.24) is 9.21 Å². The van der Waals surface area contributed by atoms with Crippen LogP contribution < -0.4 is 14.8 Å². The highest BCUT2D eigenvalue weighted by atomic mass is 32.2. The summed E-state index contributed by atoms with van der Waals surface area (Å²) in [6.07, 6.45) is 4.81. The summed E-state index contributed by atoms with van der Waals surface area (Å²) in [6, 6.07) is 11.1. The van der Waals surface area contributed by atoms with Crippen LogP contribution in [0.25, 0.3) is 0 Å². The Bertz CT molecular complexity index is 1190.